The van der Waals surface area contributed by atoms with Gasteiger partial charge in [0.1, 0.15) is 0 Å². The number of ether oxygens (including phenoxy) is 1. The molecule has 114 valence electrons. The zero-order valence-electron chi connectivity index (χ0n) is 12.1. The highest BCUT2D eigenvalue weighted by atomic mass is 79.9. The Morgan fingerprint density at radius 3 is 2.91 bits per heavy atom. The van der Waals surface area contributed by atoms with Crippen LogP contribution in [0.5, 0.6) is 0 Å². The van der Waals surface area contributed by atoms with Crippen LogP contribution in [0, 0.1) is 0 Å². The van der Waals surface area contributed by atoms with Crippen molar-refractivity contribution in [1.82, 2.24) is 4.90 Å². The Balaban J connectivity index is 1.88. The number of rotatable bonds is 5. The molecule has 22 heavy (non-hydrogen) atoms. The Bertz CT molecular complexity index is 758. The second kappa shape index (κ2) is 6.20. The van der Waals surface area contributed by atoms with Crippen molar-refractivity contribution in [3.63, 3.8) is 0 Å². The third-order valence-corrected chi connectivity index (χ3v) is 4.29. The molecule has 2 aromatic rings. The van der Waals surface area contributed by atoms with E-state index in [4.69, 9.17) is 10.5 Å². The highest BCUT2D eigenvalue weighted by Crippen LogP contribution is 2.32. The van der Waals surface area contributed by atoms with Crippen LogP contribution in [0.4, 0.5) is 0 Å². The number of carbonyl (C=O) groups excluding carboxylic acids is 1. The number of carbonyl (C=O) groups is 1. The SMILES string of the molecule is C=C(COCN)CN1Cc2c(ccc3ccc(Br)cc23)C1=O. The zero-order valence-corrected chi connectivity index (χ0v) is 13.7. The molecule has 1 aliphatic heterocycles. The molecule has 1 aliphatic rings. The molecule has 2 N–H and O–H groups in total. The number of nitrogens with two attached hydrogens (primary N) is 1. The highest BCUT2D eigenvalue weighted by Gasteiger charge is 2.28. The zero-order chi connectivity index (χ0) is 15.7. The molecule has 4 nitrogen and oxygen atoms in total. The Morgan fingerprint density at radius 2 is 2.14 bits per heavy atom. The first-order valence-corrected chi connectivity index (χ1v) is 7.84. The van der Waals surface area contributed by atoms with Gasteiger partial charge in [-0.25, -0.2) is 0 Å². The van der Waals surface area contributed by atoms with Gasteiger partial charge in [0, 0.05) is 23.1 Å². The molecule has 0 radical (unpaired) electrons. The van der Waals surface area contributed by atoms with Gasteiger partial charge in [0.25, 0.3) is 5.91 Å². The number of benzene rings is 2. The number of hydrogen-bond acceptors (Lipinski definition) is 3. The molecule has 0 saturated heterocycles. The van der Waals surface area contributed by atoms with Crippen molar-refractivity contribution in [3.05, 3.63) is 58.1 Å². The van der Waals surface area contributed by atoms with Crippen molar-refractivity contribution < 1.29 is 9.53 Å². The average molecular weight is 361 g/mol. The summed E-state index contributed by atoms with van der Waals surface area (Å²) in [5.74, 6) is 0.0470. The van der Waals surface area contributed by atoms with Crippen molar-refractivity contribution >= 4 is 32.6 Å². The Hall–Kier alpha value is -1.69. The van der Waals surface area contributed by atoms with Crippen LogP contribution in [0.1, 0.15) is 15.9 Å². The van der Waals surface area contributed by atoms with Crippen LogP contribution in [0.3, 0.4) is 0 Å². The van der Waals surface area contributed by atoms with Gasteiger partial charge < -0.3 is 15.4 Å². The maximum atomic E-state index is 12.5. The van der Waals surface area contributed by atoms with Crippen LogP contribution in [0.25, 0.3) is 10.8 Å². The summed E-state index contributed by atoms with van der Waals surface area (Å²) >= 11 is 3.50. The van der Waals surface area contributed by atoms with Gasteiger partial charge in [0.2, 0.25) is 0 Å². The number of hydrogen-bond donors (Lipinski definition) is 1. The predicted octanol–water partition coefficient (Wildman–Crippen LogP) is 3.05. The summed E-state index contributed by atoms with van der Waals surface area (Å²) in [5.41, 5.74) is 8.01. The lowest BCUT2D eigenvalue weighted by atomic mass is 10.0. The normalized spacial score (nSPS) is 13.7. The first-order chi connectivity index (χ1) is 10.6. The quantitative estimate of drug-likeness (QED) is 0.658. The fourth-order valence-electron chi connectivity index (χ4n) is 2.80. The summed E-state index contributed by atoms with van der Waals surface area (Å²) in [4.78, 5) is 14.3. The smallest absolute Gasteiger partial charge is 0.254 e. The van der Waals surface area contributed by atoms with E-state index in [0.29, 0.717) is 19.7 Å². The van der Waals surface area contributed by atoms with Crippen molar-refractivity contribution in [3.8, 4) is 0 Å². The van der Waals surface area contributed by atoms with Gasteiger partial charge in [0.15, 0.2) is 0 Å². The lowest BCUT2D eigenvalue weighted by Gasteiger charge is -2.17. The lowest BCUT2D eigenvalue weighted by Crippen LogP contribution is -2.27. The van der Waals surface area contributed by atoms with E-state index in [1.165, 1.54) is 0 Å². The van der Waals surface area contributed by atoms with Gasteiger partial charge >= 0.3 is 0 Å². The molecule has 0 saturated carbocycles. The first kappa shape index (κ1) is 15.2. The van der Waals surface area contributed by atoms with Gasteiger partial charge in [-0.05, 0) is 40.1 Å². The molecule has 1 amide bonds. The molecule has 0 aliphatic carbocycles. The fourth-order valence-corrected chi connectivity index (χ4v) is 3.17. The monoisotopic (exact) mass is 360 g/mol. The number of amides is 1. The highest BCUT2D eigenvalue weighted by molar-refractivity contribution is 9.10. The Labute approximate surface area is 137 Å². The van der Waals surface area contributed by atoms with E-state index in [2.05, 4.69) is 34.6 Å². The van der Waals surface area contributed by atoms with Gasteiger partial charge in [-0.15, -0.1) is 0 Å². The minimum Gasteiger partial charge on any atom is -0.362 e. The topological polar surface area (TPSA) is 55.6 Å². The van der Waals surface area contributed by atoms with E-state index in [-0.39, 0.29) is 12.6 Å². The van der Waals surface area contributed by atoms with Gasteiger partial charge in [0.05, 0.1) is 13.3 Å². The maximum Gasteiger partial charge on any atom is 0.254 e. The molecule has 5 heteroatoms. The van der Waals surface area contributed by atoms with E-state index < -0.39 is 0 Å². The third-order valence-electron chi connectivity index (χ3n) is 3.80. The summed E-state index contributed by atoms with van der Waals surface area (Å²) in [5, 5.41) is 2.26. The van der Waals surface area contributed by atoms with Gasteiger partial charge in [-0.3, -0.25) is 4.79 Å². The van der Waals surface area contributed by atoms with Crippen LogP contribution in [0.2, 0.25) is 0 Å². The van der Waals surface area contributed by atoms with Gasteiger partial charge in [-0.1, -0.05) is 34.6 Å². The molecule has 0 bridgehead atoms. The Morgan fingerprint density at radius 1 is 1.36 bits per heavy atom. The summed E-state index contributed by atoms with van der Waals surface area (Å²) in [6.07, 6.45) is 0. The minimum atomic E-state index is 0.0470. The summed E-state index contributed by atoms with van der Waals surface area (Å²) < 4.78 is 6.15. The molecule has 2 aromatic carbocycles. The summed E-state index contributed by atoms with van der Waals surface area (Å²) in [6, 6.07) is 10.0. The number of halogens is 1. The molecule has 3 rings (SSSR count). The van der Waals surface area contributed by atoms with Gasteiger partial charge in [-0.2, -0.15) is 0 Å². The number of nitrogens with zero attached hydrogens (tertiary/aromatic N) is 1. The molecule has 0 fully saturated rings. The van der Waals surface area contributed by atoms with E-state index >= 15 is 0 Å². The van der Waals surface area contributed by atoms with Crippen molar-refractivity contribution in [2.45, 2.75) is 6.54 Å². The van der Waals surface area contributed by atoms with Crippen LogP contribution in [0.15, 0.2) is 47.0 Å². The Kier molecular flexibility index (Phi) is 4.29. The second-order valence-corrected chi connectivity index (χ2v) is 6.30. The maximum absolute atomic E-state index is 12.5. The molecule has 1 heterocycles. The van der Waals surface area contributed by atoms with Crippen molar-refractivity contribution in [2.24, 2.45) is 5.73 Å². The third kappa shape index (κ3) is 2.79. The predicted molar refractivity (Wildman–Crippen MR) is 90.5 cm³/mol. The van der Waals surface area contributed by atoms with E-state index in [0.717, 1.165) is 31.9 Å². The van der Waals surface area contributed by atoms with Crippen LogP contribution < -0.4 is 5.73 Å². The molecule has 0 aromatic heterocycles. The molecule has 0 spiro atoms. The lowest BCUT2D eigenvalue weighted by molar-refractivity contribution is 0.0782. The molecular weight excluding hydrogens is 344 g/mol. The van der Waals surface area contributed by atoms with E-state index in [1.54, 1.807) is 4.90 Å². The van der Waals surface area contributed by atoms with E-state index in [1.807, 2.05) is 18.2 Å². The largest absolute Gasteiger partial charge is 0.362 e. The van der Waals surface area contributed by atoms with E-state index in [9.17, 15) is 4.79 Å². The summed E-state index contributed by atoms with van der Waals surface area (Å²) in [7, 11) is 0. The molecule has 0 atom stereocenters. The van der Waals surface area contributed by atoms with Crippen LogP contribution in [-0.2, 0) is 11.3 Å². The van der Waals surface area contributed by atoms with Crippen molar-refractivity contribution in [2.75, 3.05) is 19.9 Å². The second-order valence-electron chi connectivity index (χ2n) is 5.38. The minimum absolute atomic E-state index is 0.0470. The van der Waals surface area contributed by atoms with Crippen LogP contribution in [-0.4, -0.2) is 30.7 Å². The average Bonchev–Trinajstić information content (AvgIpc) is 2.82. The number of fused-ring (bicyclic) bond motifs is 3. The molecular formula is C17H17BrN2O2. The summed E-state index contributed by atoms with van der Waals surface area (Å²) in [6.45, 7) is 5.57. The standard InChI is InChI=1S/C17H17BrN2O2/c1-11(9-22-10-19)7-20-8-16-14(17(20)21)5-3-12-2-4-13(18)6-15(12)16/h2-6H,1,7-10,19H2. The molecule has 0 unspecified atom stereocenters. The fraction of sp³-hybridized carbons (Fsp3) is 0.235. The first-order valence-electron chi connectivity index (χ1n) is 7.05. The van der Waals surface area contributed by atoms with Crippen LogP contribution >= 0.6 is 15.9 Å². The van der Waals surface area contributed by atoms with Crippen molar-refractivity contribution in [1.29, 1.82) is 0 Å².